The minimum atomic E-state index is -0.657. The van der Waals surface area contributed by atoms with E-state index in [0.717, 1.165) is 74.4 Å². The van der Waals surface area contributed by atoms with Crippen LogP contribution in [0.15, 0.2) is 60.7 Å². The monoisotopic (exact) mass is 653 g/mol. The van der Waals surface area contributed by atoms with Gasteiger partial charge in [-0.25, -0.2) is 14.8 Å². The molecular weight excluding hydrogens is 614 g/mol. The Hall–Kier alpha value is -4.96. The number of ether oxygens (including phenoxy) is 1. The molecule has 2 saturated carbocycles. The average Bonchev–Trinajstić information content (AvgIpc) is 3.71. The third-order valence-corrected chi connectivity index (χ3v) is 11.6. The number of benzene rings is 4. The van der Waals surface area contributed by atoms with E-state index in [-0.39, 0.29) is 23.9 Å². The molecule has 2 amide bonds. The van der Waals surface area contributed by atoms with E-state index in [0.29, 0.717) is 18.0 Å². The number of nitrogens with zero attached hydrogens (tertiary/aromatic N) is 3. The van der Waals surface area contributed by atoms with Crippen LogP contribution in [0.5, 0.6) is 0 Å². The molecule has 248 valence electrons. The third-order valence-electron chi connectivity index (χ3n) is 11.6. The summed E-state index contributed by atoms with van der Waals surface area (Å²) in [5.41, 5.74) is 6.30. The fraction of sp³-hybridized carbons (Fsp3) is 0.385. The fourth-order valence-electron chi connectivity index (χ4n) is 8.75. The van der Waals surface area contributed by atoms with Crippen molar-refractivity contribution >= 4 is 55.6 Å². The van der Waals surface area contributed by atoms with E-state index in [4.69, 9.17) is 14.7 Å². The Bertz CT molecular complexity index is 2330. The molecule has 4 heterocycles. The number of H-pyrrole nitrogens is 2. The molecular formula is C39H39N7O3. The lowest BCUT2D eigenvalue weighted by atomic mass is 9.98. The first-order valence-corrected chi connectivity index (χ1v) is 17.6. The van der Waals surface area contributed by atoms with E-state index in [9.17, 15) is 9.59 Å². The zero-order valence-electron chi connectivity index (χ0n) is 27.8. The second-order valence-electron chi connectivity index (χ2n) is 15.0. The molecule has 2 aromatic heterocycles. The lowest BCUT2D eigenvalue weighted by Crippen LogP contribution is -2.52. The molecule has 0 spiro atoms. The van der Waals surface area contributed by atoms with Crippen LogP contribution in [0.4, 0.5) is 4.79 Å². The van der Waals surface area contributed by atoms with Gasteiger partial charge in [0.15, 0.2) is 0 Å². The van der Waals surface area contributed by atoms with Crippen molar-refractivity contribution in [2.75, 3.05) is 7.11 Å². The van der Waals surface area contributed by atoms with E-state index in [1.165, 1.54) is 30.7 Å². The van der Waals surface area contributed by atoms with Gasteiger partial charge in [-0.1, -0.05) is 50.2 Å². The standard InChI is InChI=1S/C39H39N7O3/c1-18(2)33(45-39(48)49-3)38(47)46-31-16-24(31)17-32(46)37-42-28-11-7-22-13-20(5-9-26(22)35(28)44-37)19-4-8-25-21(12-19)6-10-27-34(25)43-36(41-27)30-15-23-14-29(23)40-30/h4-13,18,23-24,29-33,40H,14-17H2,1-3H3,(H,41,43)(H,42,44)(H,45,48)/t23-,24-,29-,30+,31-,32+,33+/m1/s1. The van der Waals surface area contributed by atoms with Crippen LogP contribution < -0.4 is 10.6 Å². The molecule has 0 radical (unpaired) electrons. The van der Waals surface area contributed by atoms with Crippen LogP contribution in [-0.2, 0) is 9.53 Å². The summed E-state index contributed by atoms with van der Waals surface area (Å²) in [4.78, 5) is 45.2. The van der Waals surface area contributed by atoms with Gasteiger partial charge in [0.2, 0.25) is 5.91 Å². The number of fused-ring (bicyclic) bond motifs is 8. The van der Waals surface area contributed by atoms with Crippen molar-refractivity contribution in [3.05, 3.63) is 72.3 Å². The average molecular weight is 654 g/mol. The van der Waals surface area contributed by atoms with Crippen molar-refractivity contribution in [2.24, 2.45) is 17.8 Å². The number of aromatic nitrogens is 4. The van der Waals surface area contributed by atoms with Crippen molar-refractivity contribution < 1.29 is 14.3 Å². The number of likely N-dealkylation sites (tertiary alicyclic amines) is 1. The lowest BCUT2D eigenvalue weighted by molar-refractivity contribution is -0.136. The Morgan fingerprint density at radius 2 is 1.47 bits per heavy atom. The molecule has 6 aromatic rings. The first kappa shape index (κ1) is 29.0. The number of imidazole rings is 2. The summed E-state index contributed by atoms with van der Waals surface area (Å²) in [6, 6.07) is 22.2. The zero-order chi connectivity index (χ0) is 33.1. The highest BCUT2D eigenvalue weighted by Gasteiger charge is 2.56. The Morgan fingerprint density at radius 3 is 2.08 bits per heavy atom. The van der Waals surface area contributed by atoms with Crippen LogP contribution in [0.1, 0.15) is 63.3 Å². The lowest BCUT2D eigenvalue weighted by Gasteiger charge is -2.31. The summed E-state index contributed by atoms with van der Waals surface area (Å²) >= 11 is 0. The predicted octanol–water partition coefficient (Wildman–Crippen LogP) is 6.88. The van der Waals surface area contributed by atoms with Crippen molar-refractivity contribution in [1.82, 2.24) is 35.5 Å². The molecule has 10 rings (SSSR count). The van der Waals surface area contributed by atoms with Gasteiger partial charge in [0.1, 0.15) is 17.7 Å². The number of hydrogen-bond donors (Lipinski definition) is 4. The number of amides is 2. The number of alkyl carbamates (subject to hydrolysis) is 1. The molecule has 2 aliphatic heterocycles. The second kappa shape index (κ2) is 10.5. The maximum atomic E-state index is 13.9. The molecule has 4 N–H and O–H groups in total. The van der Waals surface area contributed by atoms with Crippen LogP contribution in [0.25, 0.3) is 54.7 Å². The number of aromatic amines is 2. The summed E-state index contributed by atoms with van der Waals surface area (Å²) < 4.78 is 4.82. The second-order valence-corrected chi connectivity index (χ2v) is 15.0. The van der Waals surface area contributed by atoms with Crippen molar-refractivity contribution in [3.8, 4) is 11.1 Å². The summed E-state index contributed by atoms with van der Waals surface area (Å²) in [5.74, 6) is 3.00. The first-order chi connectivity index (χ1) is 23.8. The molecule has 2 saturated heterocycles. The van der Waals surface area contributed by atoms with Crippen molar-refractivity contribution in [2.45, 2.75) is 69.7 Å². The molecule has 0 bridgehead atoms. The van der Waals surface area contributed by atoms with Gasteiger partial charge in [-0.15, -0.1) is 0 Å². The van der Waals surface area contributed by atoms with Gasteiger partial charge in [0.25, 0.3) is 0 Å². The molecule has 4 fully saturated rings. The molecule has 49 heavy (non-hydrogen) atoms. The van der Waals surface area contributed by atoms with E-state index >= 15 is 0 Å². The largest absolute Gasteiger partial charge is 0.453 e. The highest BCUT2D eigenvalue weighted by molar-refractivity contribution is 6.07. The fourth-order valence-corrected chi connectivity index (χ4v) is 8.75. The van der Waals surface area contributed by atoms with Gasteiger partial charge in [-0.05, 0) is 89.6 Å². The van der Waals surface area contributed by atoms with Crippen LogP contribution in [0.3, 0.4) is 0 Å². The molecule has 7 atom stereocenters. The minimum Gasteiger partial charge on any atom is -0.453 e. The van der Waals surface area contributed by atoms with Gasteiger partial charge in [0, 0.05) is 22.9 Å². The summed E-state index contributed by atoms with van der Waals surface area (Å²) in [7, 11) is 1.32. The number of methoxy groups -OCH3 is 1. The predicted molar refractivity (Wildman–Crippen MR) is 189 cm³/mol. The zero-order valence-corrected chi connectivity index (χ0v) is 27.8. The summed E-state index contributed by atoms with van der Waals surface area (Å²) in [6.07, 6.45) is 3.76. The maximum absolute atomic E-state index is 13.9. The Morgan fingerprint density at radius 1 is 0.816 bits per heavy atom. The Labute approximate surface area is 283 Å². The number of rotatable bonds is 6. The molecule has 10 nitrogen and oxygen atoms in total. The number of nitrogens with one attached hydrogen (secondary N) is 4. The van der Waals surface area contributed by atoms with Crippen LogP contribution in [0.2, 0.25) is 0 Å². The minimum absolute atomic E-state index is 0.0726. The molecule has 0 unspecified atom stereocenters. The van der Waals surface area contributed by atoms with Gasteiger partial charge in [-0.3, -0.25) is 4.79 Å². The first-order valence-electron chi connectivity index (χ1n) is 17.6. The van der Waals surface area contributed by atoms with Crippen LogP contribution in [0, 0.1) is 17.8 Å². The number of piperidine rings is 2. The number of carbonyl (C=O) groups excluding carboxylic acids is 2. The highest BCUT2D eigenvalue weighted by Crippen LogP contribution is 2.53. The van der Waals surface area contributed by atoms with Crippen molar-refractivity contribution in [3.63, 3.8) is 0 Å². The van der Waals surface area contributed by atoms with Gasteiger partial charge in [0.05, 0.1) is 41.3 Å². The topological polar surface area (TPSA) is 128 Å². The van der Waals surface area contributed by atoms with Gasteiger partial charge in [-0.2, -0.15) is 0 Å². The summed E-state index contributed by atoms with van der Waals surface area (Å²) in [6.45, 7) is 3.88. The normalized spacial score (nSPS) is 26.1. The number of hydrogen-bond acceptors (Lipinski definition) is 6. The smallest absolute Gasteiger partial charge is 0.407 e. The van der Waals surface area contributed by atoms with Gasteiger partial charge >= 0.3 is 6.09 Å². The Balaban J connectivity index is 0.952. The van der Waals surface area contributed by atoms with E-state index < -0.39 is 12.1 Å². The van der Waals surface area contributed by atoms with E-state index in [1.54, 1.807) is 0 Å². The van der Waals surface area contributed by atoms with Crippen LogP contribution in [-0.4, -0.2) is 62.1 Å². The van der Waals surface area contributed by atoms with Crippen LogP contribution >= 0.6 is 0 Å². The molecule has 4 aromatic carbocycles. The Kier molecular flexibility index (Phi) is 6.23. The third kappa shape index (κ3) is 4.64. The summed E-state index contributed by atoms with van der Waals surface area (Å²) in [5, 5.41) is 11.1. The molecule has 4 aliphatic rings. The highest BCUT2D eigenvalue weighted by atomic mass is 16.5. The molecule has 2 aliphatic carbocycles. The number of carbonyl (C=O) groups is 2. The quantitative estimate of drug-likeness (QED) is 0.155. The van der Waals surface area contributed by atoms with Gasteiger partial charge < -0.3 is 30.2 Å². The maximum Gasteiger partial charge on any atom is 0.407 e. The van der Waals surface area contributed by atoms with E-state index in [2.05, 4.69) is 81.3 Å². The molecule has 10 heteroatoms. The SMILES string of the molecule is COC(=O)N[C@H](C(=O)N1[C@@H]2C[C@@H]2C[C@H]1c1nc2ccc3cc(-c4ccc5c(ccc6nc([C@@H]7C[C@H]8C[C@H]8N7)[nH]c65)c4)ccc3c2[nH]1)C(C)C. The van der Waals surface area contributed by atoms with Crippen molar-refractivity contribution in [1.29, 1.82) is 0 Å². The van der Waals surface area contributed by atoms with E-state index in [1.807, 2.05) is 18.7 Å².